The Hall–Kier alpha value is -2.36. The highest BCUT2D eigenvalue weighted by atomic mass is 79.9. The highest BCUT2D eigenvalue weighted by molar-refractivity contribution is 9.10. The Morgan fingerprint density at radius 3 is 2.42 bits per heavy atom. The van der Waals surface area contributed by atoms with Gasteiger partial charge in [0.05, 0.1) is 4.92 Å². The fraction of sp³-hybridized carbons (Fsp3) is 0.500. The first-order chi connectivity index (χ1) is 11.9. The van der Waals surface area contributed by atoms with Crippen molar-refractivity contribution in [3.63, 3.8) is 0 Å². The number of anilines is 1. The summed E-state index contributed by atoms with van der Waals surface area (Å²) in [6.07, 6.45) is -0.557. The summed E-state index contributed by atoms with van der Waals surface area (Å²) in [5, 5.41) is 20.4. The Kier molecular flexibility index (Phi) is 7.37. The van der Waals surface area contributed by atoms with Crippen molar-refractivity contribution in [2.24, 2.45) is 0 Å². The van der Waals surface area contributed by atoms with Crippen LogP contribution in [0.25, 0.3) is 0 Å². The molecule has 1 N–H and O–H groups in total. The summed E-state index contributed by atoms with van der Waals surface area (Å²) in [5.74, 6) is -1.14. The van der Waals surface area contributed by atoms with Crippen molar-refractivity contribution < 1.29 is 24.4 Å². The molecule has 0 radical (unpaired) electrons. The highest BCUT2D eigenvalue weighted by Gasteiger charge is 2.24. The van der Waals surface area contributed by atoms with Gasteiger partial charge in [0.25, 0.3) is 5.69 Å². The van der Waals surface area contributed by atoms with Gasteiger partial charge >= 0.3 is 12.1 Å². The van der Waals surface area contributed by atoms with Crippen LogP contribution in [0.1, 0.15) is 20.8 Å². The maximum atomic E-state index is 12.0. The summed E-state index contributed by atoms with van der Waals surface area (Å²) in [7, 11) is 1.52. The van der Waals surface area contributed by atoms with Crippen molar-refractivity contribution in [3.8, 4) is 0 Å². The van der Waals surface area contributed by atoms with Gasteiger partial charge in [0.1, 0.15) is 17.8 Å². The molecule has 0 saturated carbocycles. The molecule has 0 unspecified atom stereocenters. The number of carboxylic acids is 1. The average Bonchev–Trinajstić information content (AvgIpc) is 2.49. The van der Waals surface area contributed by atoms with Crippen molar-refractivity contribution in [3.05, 3.63) is 32.8 Å². The summed E-state index contributed by atoms with van der Waals surface area (Å²) >= 11 is 3.17. The summed E-state index contributed by atoms with van der Waals surface area (Å²) < 4.78 is 5.74. The van der Waals surface area contributed by atoms with E-state index in [1.165, 1.54) is 29.0 Å². The van der Waals surface area contributed by atoms with Gasteiger partial charge in [0.15, 0.2) is 0 Å². The van der Waals surface area contributed by atoms with Gasteiger partial charge in [-0.2, -0.15) is 0 Å². The largest absolute Gasteiger partial charge is 0.480 e. The van der Waals surface area contributed by atoms with Gasteiger partial charge in [-0.1, -0.05) is 15.9 Å². The van der Waals surface area contributed by atoms with E-state index in [0.717, 1.165) is 0 Å². The van der Waals surface area contributed by atoms with Crippen LogP contribution in [0.2, 0.25) is 0 Å². The Bertz CT molecular complexity index is 689. The third-order valence-corrected chi connectivity index (χ3v) is 3.70. The number of nitro benzene ring substituents is 1. The van der Waals surface area contributed by atoms with Crippen LogP contribution in [0.15, 0.2) is 22.7 Å². The zero-order valence-corrected chi connectivity index (χ0v) is 16.6. The number of halogens is 1. The average molecular weight is 432 g/mol. The molecule has 0 atom stereocenters. The molecule has 9 nitrogen and oxygen atoms in total. The molecule has 0 spiro atoms. The molecular formula is C16H22BrN3O6. The van der Waals surface area contributed by atoms with E-state index in [9.17, 15) is 19.7 Å². The quantitative estimate of drug-likeness (QED) is 0.520. The summed E-state index contributed by atoms with van der Waals surface area (Å²) in [6.45, 7) is 4.99. The predicted octanol–water partition coefficient (Wildman–Crippen LogP) is 3.12. The van der Waals surface area contributed by atoms with Gasteiger partial charge in [0, 0.05) is 30.7 Å². The number of ether oxygens (including phenoxy) is 1. The number of nitro groups is 1. The smallest absolute Gasteiger partial charge is 0.410 e. The van der Waals surface area contributed by atoms with E-state index in [1.807, 2.05) is 0 Å². The number of carbonyl (C=O) groups is 2. The van der Waals surface area contributed by atoms with Crippen molar-refractivity contribution in [2.75, 3.05) is 31.6 Å². The van der Waals surface area contributed by atoms with E-state index in [-0.39, 0.29) is 24.5 Å². The Morgan fingerprint density at radius 2 is 1.92 bits per heavy atom. The molecule has 0 fully saturated rings. The lowest BCUT2D eigenvalue weighted by Gasteiger charge is -2.28. The van der Waals surface area contributed by atoms with Gasteiger partial charge in [0.2, 0.25) is 0 Å². The van der Waals surface area contributed by atoms with E-state index in [0.29, 0.717) is 4.47 Å². The third-order valence-electron chi connectivity index (χ3n) is 3.21. The Balaban J connectivity index is 2.97. The van der Waals surface area contributed by atoms with E-state index in [1.54, 1.807) is 26.8 Å². The molecule has 26 heavy (non-hydrogen) atoms. The van der Waals surface area contributed by atoms with Crippen molar-refractivity contribution in [1.82, 2.24) is 4.90 Å². The maximum absolute atomic E-state index is 12.0. The molecule has 0 aliphatic heterocycles. The van der Waals surface area contributed by atoms with Crippen LogP contribution in [0, 0.1) is 10.1 Å². The highest BCUT2D eigenvalue weighted by Crippen LogP contribution is 2.31. The molecule has 0 aromatic heterocycles. The SMILES string of the molecule is CN(CCN(CC(=O)O)c1ccc(Br)cc1[N+](=O)[O-])C(=O)OC(C)(C)C. The van der Waals surface area contributed by atoms with Gasteiger partial charge in [-0.15, -0.1) is 0 Å². The van der Waals surface area contributed by atoms with Gasteiger partial charge in [-0.05, 0) is 32.9 Å². The molecule has 10 heteroatoms. The summed E-state index contributed by atoms with van der Waals surface area (Å²) in [4.78, 5) is 36.5. The zero-order valence-electron chi connectivity index (χ0n) is 15.1. The minimum atomic E-state index is -1.14. The van der Waals surface area contributed by atoms with Crippen LogP contribution in [0.4, 0.5) is 16.2 Å². The zero-order chi connectivity index (χ0) is 20.1. The molecule has 1 amide bonds. The first-order valence-electron chi connectivity index (χ1n) is 7.75. The lowest BCUT2D eigenvalue weighted by Crippen LogP contribution is -2.41. The molecule has 0 heterocycles. The monoisotopic (exact) mass is 431 g/mol. The van der Waals surface area contributed by atoms with Gasteiger partial charge in [-0.3, -0.25) is 14.9 Å². The van der Waals surface area contributed by atoms with Crippen molar-refractivity contribution in [2.45, 2.75) is 26.4 Å². The molecule has 0 aliphatic rings. The fourth-order valence-electron chi connectivity index (χ4n) is 2.06. The summed E-state index contributed by atoms with van der Waals surface area (Å²) in [6, 6.07) is 4.37. The number of nitrogens with zero attached hydrogens (tertiary/aromatic N) is 3. The van der Waals surface area contributed by atoms with E-state index in [2.05, 4.69) is 15.9 Å². The van der Waals surface area contributed by atoms with Gasteiger partial charge < -0.3 is 19.6 Å². The maximum Gasteiger partial charge on any atom is 0.410 e. The minimum absolute atomic E-state index is 0.0878. The number of carboxylic acid groups (broad SMARTS) is 1. The third kappa shape index (κ3) is 6.87. The van der Waals surface area contributed by atoms with Gasteiger partial charge in [-0.25, -0.2) is 4.79 Å². The molecule has 1 rings (SSSR count). The van der Waals surface area contributed by atoms with Crippen molar-refractivity contribution in [1.29, 1.82) is 0 Å². The topological polar surface area (TPSA) is 113 Å². The molecule has 1 aromatic rings. The van der Waals surface area contributed by atoms with Crippen LogP contribution in [0.5, 0.6) is 0 Å². The van der Waals surface area contributed by atoms with Crippen LogP contribution in [-0.4, -0.2) is 59.3 Å². The molecule has 1 aromatic carbocycles. The molecule has 0 saturated heterocycles. The second-order valence-electron chi connectivity index (χ2n) is 6.61. The summed E-state index contributed by atoms with van der Waals surface area (Å²) in [5.41, 5.74) is -0.713. The number of likely N-dealkylation sites (N-methyl/N-ethyl adjacent to an activating group) is 1. The first kappa shape index (κ1) is 21.7. The Morgan fingerprint density at radius 1 is 1.31 bits per heavy atom. The molecule has 0 aliphatic carbocycles. The number of benzene rings is 1. The van der Waals surface area contributed by atoms with Crippen LogP contribution >= 0.6 is 15.9 Å². The normalized spacial score (nSPS) is 11.0. The number of aliphatic carboxylic acids is 1. The molecule has 0 bridgehead atoms. The number of hydrogen-bond donors (Lipinski definition) is 1. The second-order valence-corrected chi connectivity index (χ2v) is 7.52. The lowest BCUT2D eigenvalue weighted by molar-refractivity contribution is -0.384. The number of amides is 1. The van der Waals surface area contributed by atoms with Crippen molar-refractivity contribution >= 4 is 39.4 Å². The predicted molar refractivity (Wildman–Crippen MR) is 99.5 cm³/mol. The fourth-order valence-corrected chi connectivity index (χ4v) is 2.41. The number of hydrogen-bond acceptors (Lipinski definition) is 6. The van der Waals surface area contributed by atoms with E-state index in [4.69, 9.17) is 9.84 Å². The second kappa shape index (κ2) is 8.84. The molecule has 144 valence electrons. The first-order valence-corrected chi connectivity index (χ1v) is 8.55. The standard InChI is InChI=1S/C16H22BrN3O6/c1-16(2,3)26-15(23)18(4)7-8-19(10-14(21)22)12-6-5-11(17)9-13(12)20(24)25/h5-6,9H,7-8,10H2,1-4H3,(H,21,22). The number of carbonyl (C=O) groups excluding carboxylic acids is 1. The molecular weight excluding hydrogens is 410 g/mol. The van der Waals surface area contributed by atoms with Crippen LogP contribution in [-0.2, 0) is 9.53 Å². The lowest BCUT2D eigenvalue weighted by atomic mass is 10.2. The van der Waals surface area contributed by atoms with Crippen LogP contribution in [0.3, 0.4) is 0 Å². The van der Waals surface area contributed by atoms with E-state index >= 15 is 0 Å². The minimum Gasteiger partial charge on any atom is -0.480 e. The van der Waals surface area contributed by atoms with Crippen LogP contribution < -0.4 is 4.90 Å². The Labute approximate surface area is 159 Å². The van der Waals surface area contributed by atoms with E-state index < -0.39 is 29.1 Å². The number of rotatable bonds is 7.